The van der Waals surface area contributed by atoms with Crippen LogP contribution >= 0.6 is 0 Å². The monoisotopic (exact) mass is 401 g/mol. The van der Waals surface area contributed by atoms with Crippen molar-refractivity contribution < 1.29 is 0 Å². The van der Waals surface area contributed by atoms with E-state index >= 15 is 0 Å². The molecule has 0 unspecified atom stereocenters. The van der Waals surface area contributed by atoms with Gasteiger partial charge in [-0.15, -0.1) is 0 Å². The molecule has 3 nitrogen and oxygen atoms in total. The number of pyridine rings is 3. The second kappa shape index (κ2) is 9.07. The molecule has 0 fully saturated rings. The van der Waals surface area contributed by atoms with Crippen LogP contribution in [0.4, 0.5) is 0 Å². The maximum atomic E-state index is 4.68. The zero-order valence-electron chi connectivity index (χ0n) is 19.3. The molecular weight excluding hydrogens is 366 g/mol. The number of rotatable bonds is 8. The summed E-state index contributed by atoms with van der Waals surface area (Å²) in [6.45, 7) is 13.6. The molecule has 0 aliphatic carbocycles. The molecular formula is C27H35N3. The second-order valence-corrected chi connectivity index (χ2v) is 10.2. The summed E-state index contributed by atoms with van der Waals surface area (Å²) < 4.78 is 0. The van der Waals surface area contributed by atoms with E-state index in [0.717, 1.165) is 25.0 Å². The van der Waals surface area contributed by atoms with Crippen LogP contribution in [0.15, 0.2) is 61.2 Å². The van der Waals surface area contributed by atoms with Gasteiger partial charge in [0.2, 0.25) is 0 Å². The average molecular weight is 402 g/mol. The van der Waals surface area contributed by atoms with Gasteiger partial charge in [-0.2, -0.15) is 0 Å². The third-order valence-corrected chi connectivity index (χ3v) is 5.81. The van der Waals surface area contributed by atoms with Crippen LogP contribution in [0, 0.1) is 5.92 Å². The standard InChI is InChI=1S/C27H35N3/c1-20(2)14-24-10-9-21(18-30-24)16-26(3,4)22-11-13-29-25(15-22)17-27(5,6)23-8-7-12-28-19-23/h7-13,15,18-20H,14,16-17H2,1-6H3. The molecule has 0 spiro atoms. The SMILES string of the molecule is CC(C)Cc1ccc(CC(C)(C)c2ccnc(CC(C)(C)c3cccnc3)c2)cn1. The molecule has 158 valence electrons. The molecule has 0 aromatic carbocycles. The van der Waals surface area contributed by atoms with E-state index in [0.29, 0.717) is 5.92 Å². The van der Waals surface area contributed by atoms with Gasteiger partial charge in [-0.05, 0) is 77.0 Å². The summed E-state index contributed by atoms with van der Waals surface area (Å²) in [5.74, 6) is 0.631. The number of aromatic nitrogens is 3. The molecule has 3 heterocycles. The Morgan fingerprint density at radius 2 is 1.53 bits per heavy atom. The maximum Gasteiger partial charge on any atom is 0.0415 e. The summed E-state index contributed by atoms with van der Waals surface area (Å²) in [6, 6.07) is 13.0. The first-order valence-electron chi connectivity index (χ1n) is 11.0. The Labute approximate surface area is 182 Å². The van der Waals surface area contributed by atoms with Gasteiger partial charge in [0.05, 0.1) is 0 Å². The lowest BCUT2D eigenvalue weighted by Gasteiger charge is -2.28. The fraction of sp³-hybridized carbons (Fsp3) is 0.444. The highest BCUT2D eigenvalue weighted by atomic mass is 14.7. The summed E-state index contributed by atoms with van der Waals surface area (Å²) in [4.78, 5) is 13.6. The normalized spacial score (nSPS) is 12.4. The van der Waals surface area contributed by atoms with Crippen LogP contribution in [0.5, 0.6) is 0 Å². The van der Waals surface area contributed by atoms with Gasteiger partial charge in [0, 0.05) is 36.2 Å². The van der Waals surface area contributed by atoms with E-state index < -0.39 is 0 Å². The van der Waals surface area contributed by atoms with Crippen LogP contribution in [0.1, 0.15) is 69.6 Å². The van der Waals surface area contributed by atoms with E-state index in [1.807, 2.05) is 30.9 Å². The summed E-state index contributed by atoms with van der Waals surface area (Å²) in [5.41, 5.74) is 6.14. The highest BCUT2D eigenvalue weighted by Gasteiger charge is 2.25. The van der Waals surface area contributed by atoms with Crippen molar-refractivity contribution in [2.75, 3.05) is 0 Å². The Hall–Kier alpha value is -2.55. The lowest BCUT2D eigenvalue weighted by molar-refractivity contribution is 0.502. The topological polar surface area (TPSA) is 38.7 Å². The molecule has 0 atom stereocenters. The van der Waals surface area contributed by atoms with Crippen molar-refractivity contribution in [3.05, 3.63) is 89.3 Å². The van der Waals surface area contributed by atoms with Gasteiger partial charge in [-0.25, -0.2) is 0 Å². The quantitative estimate of drug-likeness (QED) is 0.457. The minimum Gasteiger partial charge on any atom is -0.264 e. The molecule has 3 heteroatoms. The number of hydrogen-bond donors (Lipinski definition) is 0. The Bertz CT molecular complexity index is 941. The minimum atomic E-state index is -0.0137. The zero-order valence-corrected chi connectivity index (χ0v) is 19.3. The molecule has 30 heavy (non-hydrogen) atoms. The van der Waals surface area contributed by atoms with Gasteiger partial charge < -0.3 is 0 Å². The maximum absolute atomic E-state index is 4.68. The van der Waals surface area contributed by atoms with Gasteiger partial charge in [0.25, 0.3) is 0 Å². The predicted molar refractivity (Wildman–Crippen MR) is 125 cm³/mol. The van der Waals surface area contributed by atoms with E-state index in [1.54, 1.807) is 0 Å². The van der Waals surface area contributed by atoms with Gasteiger partial charge in [-0.1, -0.05) is 53.7 Å². The Balaban J connectivity index is 1.75. The third kappa shape index (κ3) is 5.75. The predicted octanol–water partition coefficient (Wildman–Crippen LogP) is 6.11. The summed E-state index contributed by atoms with van der Waals surface area (Å²) >= 11 is 0. The molecule has 0 radical (unpaired) electrons. The van der Waals surface area contributed by atoms with E-state index in [-0.39, 0.29) is 10.8 Å². The zero-order chi connectivity index (χ0) is 21.8. The molecule has 0 saturated heterocycles. The molecule has 3 aromatic heterocycles. The van der Waals surface area contributed by atoms with Crippen molar-refractivity contribution in [2.24, 2.45) is 5.92 Å². The highest BCUT2D eigenvalue weighted by Crippen LogP contribution is 2.31. The fourth-order valence-corrected chi connectivity index (χ4v) is 4.02. The van der Waals surface area contributed by atoms with Crippen LogP contribution in [0.3, 0.4) is 0 Å². The van der Waals surface area contributed by atoms with E-state index in [1.165, 1.54) is 22.4 Å². The molecule has 0 saturated carbocycles. The van der Waals surface area contributed by atoms with E-state index in [4.69, 9.17) is 0 Å². The first-order valence-corrected chi connectivity index (χ1v) is 11.0. The lowest BCUT2D eigenvalue weighted by Crippen LogP contribution is -2.24. The highest BCUT2D eigenvalue weighted by molar-refractivity contribution is 5.30. The van der Waals surface area contributed by atoms with Gasteiger partial charge in [-0.3, -0.25) is 15.0 Å². The molecule has 0 aliphatic heterocycles. The lowest BCUT2D eigenvalue weighted by atomic mass is 9.77. The van der Waals surface area contributed by atoms with Crippen LogP contribution < -0.4 is 0 Å². The molecule has 0 bridgehead atoms. The summed E-state index contributed by atoms with van der Waals surface area (Å²) in [6.07, 6.45) is 10.7. The Morgan fingerprint density at radius 1 is 0.767 bits per heavy atom. The van der Waals surface area contributed by atoms with Crippen LogP contribution in [-0.4, -0.2) is 15.0 Å². The molecule has 0 amide bonds. The van der Waals surface area contributed by atoms with Crippen molar-refractivity contribution >= 4 is 0 Å². The first-order chi connectivity index (χ1) is 14.2. The number of nitrogens with zero attached hydrogens (tertiary/aromatic N) is 3. The van der Waals surface area contributed by atoms with Crippen molar-refractivity contribution in [1.82, 2.24) is 15.0 Å². The van der Waals surface area contributed by atoms with E-state index in [9.17, 15) is 0 Å². The van der Waals surface area contributed by atoms with Crippen molar-refractivity contribution in [3.63, 3.8) is 0 Å². The van der Waals surface area contributed by atoms with Crippen molar-refractivity contribution in [3.8, 4) is 0 Å². The van der Waals surface area contributed by atoms with Crippen LogP contribution in [0.25, 0.3) is 0 Å². The Kier molecular flexibility index (Phi) is 6.70. The van der Waals surface area contributed by atoms with Crippen LogP contribution in [-0.2, 0) is 30.1 Å². The second-order valence-electron chi connectivity index (χ2n) is 10.2. The first kappa shape index (κ1) is 22.1. The largest absolute Gasteiger partial charge is 0.264 e. The van der Waals surface area contributed by atoms with Gasteiger partial charge >= 0.3 is 0 Å². The van der Waals surface area contributed by atoms with Gasteiger partial charge in [0.1, 0.15) is 0 Å². The molecule has 3 aromatic rings. The fourth-order valence-electron chi connectivity index (χ4n) is 4.02. The van der Waals surface area contributed by atoms with Gasteiger partial charge in [0.15, 0.2) is 0 Å². The molecule has 3 rings (SSSR count). The summed E-state index contributed by atoms with van der Waals surface area (Å²) in [7, 11) is 0. The van der Waals surface area contributed by atoms with E-state index in [2.05, 4.69) is 86.8 Å². The smallest absolute Gasteiger partial charge is 0.0415 e. The van der Waals surface area contributed by atoms with Crippen LogP contribution in [0.2, 0.25) is 0 Å². The molecule has 0 aliphatic rings. The summed E-state index contributed by atoms with van der Waals surface area (Å²) in [5, 5.41) is 0. The molecule has 0 N–H and O–H groups in total. The average Bonchev–Trinajstić information content (AvgIpc) is 2.69. The van der Waals surface area contributed by atoms with Crippen molar-refractivity contribution in [2.45, 2.75) is 71.6 Å². The minimum absolute atomic E-state index is 0.0113. The Morgan fingerprint density at radius 3 is 2.17 bits per heavy atom. The third-order valence-electron chi connectivity index (χ3n) is 5.81. The number of hydrogen-bond acceptors (Lipinski definition) is 3. The van der Waals surface area contributed by atoms with Crippen molar-refractivity contribution in [1.29, 1.82) is 0 Å².